The van der Waals surface area contributed by atoms with Crippen LogP contribution in [0.15, 0.2) is 72.8 Å². The highest BCUT2D eigenvalue weighted by molar-refractivity contribution is 5.60. The van der Waals surface area contributed by atoms with Crippen LogP contribution in [0.4, 0.5) is 0 Å². The molecule has 0 aromatic heterocycles. The number of hydrogen-bond acceptors (Lipinski definition) is 6. The van der Waals surface area contributed by atoms with E-state index in [1.165, 1.54) is 71.9 Å². The van der Waals surface area contributed by atoms with Gasteiger partial charge in [0.05, 0.1) is 0 Å². The van der Waals surface area contributed by atoms with Crippen molar-refractivity contribution in [2.24, 2.45) is 0 Å². The van der Waals surface area contributed by atoms with Gasteiger partial charge >= 0.3 is 0 Å². The number of phenolic OH excluding ortho intramolecular Hbond substituents is 6. The molecule has 6 fully saturated rings. The van der Waals surface area contributed by atoms with E-state index in [1.807, 2.05) is 0 Å². The molecule has 0 radical (unpaired) electrons. The summed E-state index contributed by atoms with van der Waals surface area (Å²) in [5.41, 5.74) is 17.8. The van der Waals surface area contributed by atoms with Crippen molar-refractivity contribution in [1.82, 2.24) is 0 Å². The first kappa shape index (κ1) is 62.9. The second kappa shape index (κ2) is 24.9. The van der Waals surface area contributed by atoms with Gasteiger partial charge in [0.2, 0.25) is 0 Å². The van der Waals surface area contributed by atoms with Crippen molar-refractivity contribution in [2.75, 3.05) is 0 Å². The summed E-state index contributed by atoms with van der Waals surface area (Å²) in [6.07, 6.45) is 36.5. The minimum Gasteiger partial charge on any atom is -0.508 e. The molecule has 0 spiro atoms. The molecule has 13 aliphatic carbocycles. The van der Waals surface area contributed by atoms with Gasteiger partial charge in [-0.15, -0.1) is 0 Å². The SMILES string of the molecule is CC1(c2cc3c(O)c(c2)Cc2cc(C4(C)CCCCC4)c(cc2O)Cc2cc(O)c(cc2C2(C)CCCCC2)Cc2cc(C4(C)CCCCC4)cc(c2O)Cc2cc(C4(C)CCCCC4)c(cc2O)Cc2cc(O)c(cc2C2(C)CCCCC2)C3)CCCCC1. The average molecular weight is 1210 g/mol. The number of rotatable bonds is 6. The summed E-state index contributed by atoms with van der Waals surface area (Å²) in [4.78, 5) is 0. The van der Waals surface area contributed by atoms with Crippen LogP contribution in [0, 0.1) is 0 Å². The minimum atomic E-state index is -0.127. The van der Waals surface area contributed by atoms with Crippen molar-refractivity contribution in [3.8, 4) is 34.5 Å². The van der Waals surface area contributed by atoms with Crippen molar-refractivity contribution in [1.29, 1.82) is 0 Å². The summed E-state index contributed by atoms with van der Waals surface area (Å²) in [7, 11) is 0. The van der Waals surface area contributed by atoms with E-state index in [-0.39, 0.29) is 67.0 Å². The Hall–Kier alpha value is -5.88. The van der Waals surface area contributed by atoms with E-state index < -0.39 is 0 Å². The van der Waals surface area contributed by atoms with Crippen LogP contribution in [0.5, 0.6) is 34.5 Å². The van der Waals surface area contributed by atoms with Crippen molar-refractivity contribution < 1.29 is 30.6 Å². The van der Waals surface area contributed by atoms with Gasteiger partial charge in [-0.1, -0.05) is 206 Å². The highest BCUT2D eigenvalue weighted by Gasteiger charge is 2.40. The summed E-state index contributed by atoms with van der Waals surface area (Å²) in [5, 5.41) is 76.7. The van der Waals surface area contributed by atoms with E-state index in [1.54, 1.807) is 0 Å². The van der Waals surface area contributed by atoms with Gasteiger partial charge in [0.25, 0.3) is 0 Å². The molecule has 480 valence electrons. The minimum absolute atomic E-state index is 0.0745. The van der Waals surface area contributed by atoms with Crippen LogP contribution < -0.4 is 0 Å². The standard InChI is InChI=1S/C84H108O6/c1-79(25-13-7-14-26-79)67-43-63-39-59-47-69(81(3)29-17-9-18-30-81)55(51-73(59)85)37-57-53-75(87)61(49-71(57)83(5)33-21-11-22-34-83)41-65-45-68(80(2)27-15-8-16-28-80)46-66(78(65)90)42-62-50-72(84(6)35-23-12-24-36-84)58(54-76(62)88)38-56-52-74(86)60(40-64(44-67)77(63)89)48-70(56)82(4)31-19-10-20-32-82/h43-54,85-90H,7-42H2,1-6H3. The predicted molar refractivity (Wildman–Crippen MR) is 368 cm³/mol. The molecule has 0 heterocycles. The monoisotopic (exact) mass is 1210 g/mol. The Kier molecular flexibility index (Phi) is 17.4. The average Bonchev–Trinajstić information content (AvgIpc) is 0.890. The Bertz CT molecular complexity index is 3190. The zero-order chi connectivity index (χ0) is 62.8. The molecule has 0 atom stereocenters. The summed E-state index contributed by atoms with van der Waals surface area (Å²) in [6, 6.07) is 26.5. The third-order valence-electron chi connectivity index (χ3n) is 25.8. The molecular weight excluding hydrogens is 1100 g/mol. The molecule has 6 aromatic rings. The normalized spacial score (nSPS) is 22.2. The van der Waals surface area contributed by atoms with Gasteiger partial charge < -0.3 is 30.6 Å². The smallest absolute Gasteiger partial charge is 0.122 e. The zero-order valence-corrected chi connectivity index (χ0v) is 56.1. The van der Waals surface area contributed by atoms with Gasteiger partial charge in [-0.25, -0.2) is 0 Å². The van der Waals surface area contributed by atoms with Crippen molar-refractivity contribution in [2.45, 2.75) is 305 Å². The molecule has 0 amide bonds. The first-order chi connectivity index (χ1) is 43.1. The molecule has 0 unspecified atom stereocenters. The first-order valence-electron chi connectivity index (χ1n) is 36.3. The fourth-order valence-corrected chi connectivity index (χ4v) is 19.7. The van der Waals surface area contributed by atoms with Crippen molar-refractivity contribution in [3.05, 3.63) is 173 Å². The molecular formula is C84H108O6. The first-order valence-corrected chi connectivity index (χ1v) is 36.3. The number of aromatic hydroxyl groups is 6. The zero-order valence-electron chi connectivity index (χ0n) is 56.1. The largest absolute Gasteiger partial charge is 0.508 e. The Balaban J connectivity index is 1.04. The summed E-state index contributed by atoms with van der Waals surface area (Å²) < 4.78 is 0. The van der Waals surface area contributed by atoms with Gasteiger partial charge in [-0.2, -0.15) is 0 Å². The number of benzene rings is 6. The van der Waals surface area contributed by atoms with Crippen LogP contribution >= 0.6 is 0 Å². The van der Waals surface area contributed by atoms with Crippen molar-refractivity contribution >= 4 is 0 Å². The van der Waals surface area contributed by atoms with Crippen LogP contribution in [-0.2, 0) is 71.0 Å². The third kappa shape index (κ3) is 12.2. The number of hydrogen-bond donors (Lipinski definition) is 6. The van der Waals surface area contributed by atoms with E-state index in [0.29, 0.717) is 38.5 Å². The topological polar surface area (TPSA) is 121 Å². The Labute approximate surface area is 540 Å². The van der Waals surface area contributed by atoms with Crippen LogP contribution in [-0.4, -0.2) is 30.6 Å². The third-order valence-corrected chi connectivity index (χ3v) is 25.8. The lowest BCUT2D eigenvalue weighted by Crippen LogP contribution is -2.28. The maximum Gasteiger partial charge on any atom is 0.122 e. The Morgan fingerprint density at radius 3 is 0.578 bits per heavy atom. The van der Waals surface area contributed by atoms with E-state index in [9.17, 15) is 30.6 Å². The predicted octanol–water partition coefficient (Wildman–Crippen LogP) is 21.1. The van der Waals surface area contributed by atoms with Gasteiger partial charge in [0.15, 0.2) is 0 Å². The molecule has 13 aliphatic rings. The molecule has 6 N–H and O–H groups in total. The highest BCUT2D eigenvalue weighted by atomic mass is 16.3. The van der Waals surface area contributed by atoms with Gasteiger partial charge in [0, 0.05) is 25.7 Å². The van der Waals surface area contributed by atoms with Crippen LogP contribution in [0.25, 0.3) is 0 Å². The molecule has 0 aliphatic heterocycles. The lowest BCUT2D eigenvalue weighted by molar-refractivity contribution is 0.315. The molecule has 90 heavy (non-hydrogen) atoms. The molecule has 19 rings (SSSR count). The van der Waals surface area contributed by atoms with E-state index in [0.717, 1.165) is 221 Å². The van der Waals surface area contributed by atoms with Crippen LogP contribution in [0.3, 0.4) is 0 Å². The summed E-state index contributed by atoms with van der Waals surface area (Å²) in [6.45, 7) is 14.6. The second-order valence-electron chi connectivity index (χ2n) is 32.6. The van der Waals surface area contributed by atoms with Gasteiger partial charge in [-0.3, -0.25) is 0 Å². The van der Waals surface area contributed by atoms with Gasteiger partial charge in [-0.05, 0) is 247 Å². The highest BCUT2D eigenvalue weighted by Crippen LogP contribution is 2.52. The molecule has 6 saturated carbocycles. The maximum absolute atomic E-state index is 13.0. The Morgan fingerprint density at radius 2 is 0.378 bits per heavy atom. The van der Waals surface area contributed by atoms with E-state index in [4.69, 9.17) is 0 Å². The van der Waals surface area contributed by atoms with E-state index in [2.05, 4.69) is 114 Å². The molecule has 12 bridgehead atoms. The summed E-state index contributed by atoms with van der Waals surface area (Å²) in [5.74, 6) is 1.44. The summed E-state index contributed by atoms with van der Waals surface area (Å²) >= 11 is 0. The Morgan fingerprint density at radius 1 is 0.200 bits per heavy atom. The van der Waals surface area contributed by atoms with Crippen molar-refractivity contribution in [3.63, 3.8) is 0 Å². The van der Waals surface area contributed by atoms with Crippen LogP contribution in [0.2, 0.25) is 0 Å². The number of phenols is 6. The molecule has 6 aromatic carbocycles. The van der Waals surface area contributed by atoms with Crippen LogP contribution in [0.1, 0.15) is 334 Å². The van der Waals surface area contributed by atoms with Gasteiger partial charge in [0.1, 0.15) is 34.5 Å². The second-order valence-corrected chi connectivity index (χ2v) is 32.6. The molecule has 0 saturated heterocycles. The molecule has 6 nitrogen and oxygen atoms in total. The van der Waals surface area contributed by atoms with E-state index >= 15 is 0 Å². The fourth-order valence-electron chi connectivity index (χ4n) is 19.7. The quantitative estimate of drug-likeness (QED) is 0.0987. The lowest BCUT2D eigenvalue weighted by Gasteiger charge is -2.38. The lowest BCUT2D eigenvalue weighted by atomic mass is 9.66. The fraction of sp³-hybridized carbons (Fsp3) is 0.571. The maximum atomic E-state index is 13.0. The molecule has 6 heteroatoms.